The highest BCUT2D eigenvalue weighted by atomic mass is 35.5. The Morgan fingerprint density at radius 3 is 2.19 bits per heavy atom. The third-order valence-electron chi connectivity index (χ3n) is 2.77. The highest BCUT2D eigenvalue weighted by molar-refractivity contribution is 6.17. The van der Waals surface area contributed by atoms with Gasteiger partial charge in [-0.25, -0.2) is 0 Å². The minimum atomic E-state index is 0.785. The number of benzene rings is 1. The van der Waals surface area contributed by atoms with Gasteiger partial charge < -0.3 is 4.90 Å². The SMILES string of the molecule is Cc1cc(C)cc(N(C)CCCCCCl)c1. The van der Waals surface area contributed by atoms with Gasteiger partial charge in [-0.3, -0.25) is 0 Å². The van der Waals surface area contributed by atoms with E-state index in [9.17, 15) is 0 Å². The molecule has 0 unspecified atom stereocenters. The Bertz CT molecular complexity index is 302. The van der Waals surface area contributed by atoms with Crippen molar-refractivity contribution < 1.29 is 0 Å². The summed E-state index contributed by atoms with van der Waals surface area (Å²) in [6.07, 6.45) is 3.57. The van der Waals surface area contributed by atoms with Gasteiger partial charge in [0.05, 0.1) is 0 Å². The molecule has 0 atom stereocenters. The van der Waals surface area contributed by atoms with E-state index in [1.807, 2.05) is 0 Å². The quantitative estimate of drug-likeness (QED) is 0.533. The predicted octanol–water partition coefficient (Wildman–Crippen LogP) is 4.15. The van der Waals surface area contributed by atoms with Crippen LogP contribution in [0.5, 0.6) is 0 Å². The van der Waals surface area contributed by atoms with Crippen molar-refractivity contribution >= 4 is 17.3 Å². The molecule has 0 saturated carbocycles. The van der Waals surface area contributed by atoms with Crippen molar-refractivity contribution in [2.24, 2.45) is 0 Å². The van der Waals surface area contributed by atoms with Gasteiger partial charge in [-0.2, -0.15) is 0 Å². The molecule has 1 aromatic carbocycles. The summed E-state index contributed by atoms with van der Waals surface area (Å²) >= 11 is 5.66. The van der Waals surface area contributed by atoms with Gasteiger partial charge in [-0.1, -0.05) is 12.5 Å². The van der Waals surface area contributed by atoms with Crippen molar-refractivity contribution in [2.45, 2.75) is 33.1 Å². The summed E-state index contributed by atoms with van der Waals surface area (Å²) in [5, 5.41) is 0. The summed E-state index contributed by atoms with van der Waals surface area (Å²) in [7, 11) is 2.16. The molecule has 0 aromatic heterocycles. The maximum Gasteiger partial charge on any atom is 0.0368 e. The summed E-state index contributed by atoms with van der Waals surface area (Å²) in [6, 6.07) is 6.70. The molecule has 0 fully saturated rings. The van der Waals surface area contributed by atoms with Crippen molar-refractivity contribution in [3.8, 4) is 0 Å². The number of aryl methyl sites for hydroxylation is 2. The first-order valence-corrected chi connectivity index (χ1v) is 6.52. The zero-order valence-corrected chi connectivity index (χ0v) is 11.3. The van der Waals surface area contributed by atoms with Crippen LogP contribution in [0.1, 0.15) is 30.4 Å². The monoisotopic (exact) mass is 239 g/mol. The summed E-state index contributed by atoms with van der Waals surface area (Å²) in [5.74, 6) is 0.785. The predicted molar refractivity (Wildman–Crippen MR) is 73.8 cm³/mol. The Labute approximate surface area is 104 Å². The van der Waals surface area contributed by atoms with Crippen LogP contribution in [0.15, 0.2) is 18.2 Å². The number of unbranched alkanes of at least 4 members (excludes halogenated alkanes) is 2. The standard InChI is InChI=1S/C14H22ClN/c1-12-9-13(2)11-14(10-12)16(3)8-6-4-5-7-15/h9-11H,4-8H2,1-3H3. The van der Waals surface area contributed by atoms with Gasteiger partial charge in [0, 0.05) is 25.2 Å². The van der Waals surface area contributed by atoms with E-state index < -0.39 is 0 Å². The number of rotatable bonds is 6. The van der Waals surface area contributed by atoms with Crippen molar-refractivity contribution in [2.75, 3.05) is 24.4 Å². The molecular formula is C14H22ClN. The number of halogens is 1. The Morgan fingerprint density at radius 1 is 1.00 bits per heavy atom. The van der Waals surface area contributed by atoms with Crippen molar-refractivity contribution in [3.05, 3.63) is 29.3 Å². The number of alkyl halides is 1. The van der Waals surface area contributed by atoms with E-state index in [0.29, 0.717) is 0 Å². The van der Waals surface area contributed by atoms with Crippen LogP contribution in [-0.2, 0) is 0 Å². The van der Waals surface area contributed by atoms with E-state index in [4.69, 9.17) is 11.6 Å². The number of hydrogen-bond donors (Lipinski definition) is 0. The molecular weight excluding hydrogens is 218 g/mol. The van der Waals surface area contributed by atoms with Crippen LogP contribution in [0.4, 0.5) is 5.69 Å². The molecule has 0 aliphatic rings. The largest absolute Gasteiger partial charge is 0.375 e. The molecule has 0 aliphatic heterocycles. The molecule has 0 aliphatic carbocycles. The van der Waals surface area contributed by atoms with Crippen LogP contribution in [0.25, 0.3) is 0 Å². The van der Waals surface area contributed by atoms with Gasteiger partial charge >= 0.3 is 0 Å². The first kappa shape index (κ1) is 13.4. The summed E-state index contributed by atoms with van der Waals surface area (Å²) in [5.41, 5.74) is 3.99. The molecule has 0 N–H and O–H groups in total. The van der Waals surface area contributed by atoms with Gasteiger partial charge in [0.2, 0.25) is 0 Å². The van der Waals surface area contributed by atoms with E-state index in [2.05, 4.69) is 44.0 Å². The second-order valence-electron chi connectivity index (χ2n) is 4.52. The molecule has 0 heterocycles. The molecule has 0 spiro atoms. The van der Waals surface area contributed by atoms with Crippen molar-refractivity contribution in [1.29, 1.82) is 0 Å². The highest BCUT2D eigenvalue weighted by Gasteiger charge is 2.01. The lowest BCUT2D eigenvalue weighted by molar-refractivity contribution is 0.707. The Kier molecular flexibility index (Phi) is 5.68. The Hall–Kier alpha value is -0.690. The molecule has 16 heavy (non-hydrogen) atoms. The van der Waals surface area contributed by atoms with E-state index in [-0.39, 0.29) is 0 Å². The zero-order chi connectivity index (χ0) is 12.0. The third-order valence-corrected chi connectivity index (χ3v) is 3.04. The average molecular weight is 240 g/mol. The molecule has 0 radical (unpaired) electrons. The van der Waals surface area contributed by atoms with Crippen LogP contribution in [-0.4, -0.2) is 19.5 Å². The Morgan fingerprint density at radius 2 is 1.62 bits per heavy atom. The number of hydrogen-bond acceptors (Lipinski definition) is 1. The van der Waals surface area contributed by atoms with Gasteiger partial charge in [0.15, 0.2) is 0 Å². The van der Waals surface area contributed by atoms with Crippen LogP contribution >= 0.6 is 11.6 Å². The van der Waals surface area contributed by atoms with Crippen LogP contribution in [0, 0.1) is 13.8 Å². The summed E-state index contributed by atoms with van der Waals surface area (Å²) in [4.78, 5) is 2.33. The maximum atomic E-state index is 5.66. The highest BCUT2D eigenvalue weighted by Crippen LogP contribution is 2.18. The molecule has 1 nitrogen and oxygen atoms in total. The second kappa shape index (κ2) is 6.80. The lowest BCUT2D eigenvalue weighted by Gasteiger charge is -2.20. The first-order valence-electron chi connectivity index (χ1n) is 5.99. The molecule has 0 amide bonds. The minimum absolute atomic E-state index is 0.785. The molecule has 2 heteroatoms. The lowest BCUT2D eigenvalue weighted by Crippen LogP contribution is -2.18. The smallest absolute Gasteiger partial charge is 0.0368 e. The van der Waals surface area contributed by atoms with Crippen LogP contribution < -0.4 is 4.90 Å². The maximum absolute atomic E-state index is 5.66. The fraction of sp³-hybridized carbons (Fsp3) is 0.571. The first-order chi connectivity index (χ1) is 7.63. The van der Waals surface area contributed by atoms with Crippen molar-refractivity contribution in [3.63, 3.8) is 0 Å². The van der Waals surface area contributed by atoms with Gasteiger partial charge in [-0.15, -0.1) is 11.6 Å². The molecule has 1 aromatic rings. The van der Waals surface area contributed by atoms with E-state index in [1.54, 1.807) is 0 Å². The van der Waals surface area contributed by atoms with E-state index in [1.165, 1.54) is 29.7 Å². The average Bonchev–Trinajstić information content (AvgIpc) is 2.22. The molecule has 0 saturated heterocycles. The summed E-state index contributed by atoms with van der Waals surface area (Å²) < 4.78 is 0. The zero-order valence-electron chi connectivity index (χ0n) is 10.6. The van der Waals surface area contributed by atoms with E-state index in [0.717, 1.165) is 18.8 Å². The molecule has 1 rings (SSSR count). The lowest BCUT2D eigenvalue weighted by atomic mass is 10.1. The number of nitrogens with zero attached hydrogens (tertiary/aromatic N) is 1. The van der Waals surface area contributed by atoms with Crippen molar-refractivity contribution in [1.82, 2.24) is 0 Å². The second-order valence-corrected chi connectivity index (χ2v) is 4.90. The fourth-order valence-electron chi connectivity index (χ4n) is 1.92. The van der Waals surface area contributed by atoms with Crippen LogP contribution in [0.2, 0.25) is 0 Å². The topological polar surface area (TPSA) is 3.24 Å². The molecule has 0 bridgehead atoms. The normalized spacial score (nSPS) is 10.5. The minimum Gasteiger partial charge on any atom is -0.375 e. The van der Waals surface area contributed by atoms with E-state index >= 15 is 0 Å². The van der Waals surface area contributed by atoms with Gasteiger partial charge in [0.1, 0.15) is 0 Å². The van der Waals surface area contributed by atoms with Gasteiger partial charge in [-0.05, 0) is 49.9 Å². The molecule has 90 valence electrons. The summed E-state index contributed by atoms with van der Waals surface area (Å²) in [6.45, 7) is 5.41. The van der Waals surface area contributed by atoms with Crippen LogP contribution in [0.3, 0.4) is 0 Å². The third kappa shape index (κ3) is 4.44. The van der Waals surface area contributed by atoms with Gasteiger partial charge in [0.25, 0.3) is 0 Å². The Balaban J connectivity index is 2.48. The fourth-order valence-corrected chi connectivity index (χ4v) is 2.11. The number of anilines is 1.